The molecule has 0 rings (SSSR count). The zero-order chi connectivity index (χ0) is 8.15. The standard InChI is InChI=1S/C8H17NO/c1-4-6(2)5-8(10)7(3)9/h6-7H,4-5,9H2,1-3H3. The molecule has 0 aromatic carbocycles. The van der Waals surface area contributed by atoms with E-state index in [0.29, 0.717) is 12.3 Å². The van der Waals surface area contributed by atoms with Crippen LogP contribution in [0.3, 0.4) is 0 Å². The zero-order valence-corrected chi connectivity index (χ0v) is 7.05. The van der Waals surface area contributed by atoms with Crippen molar-refractivity contribution in [2.24, 2.45) is 11.7 Å². The van der Waals surface area contributed by atoms with Crippen molar-refractivity contribution in [3.05, 3.63) is 0 Å². The van der Waals surface area contributed by atoms with Crippen LogP contribution in [0.4, 0.5) is 0 Å². The highest BCUT2D eigenvalue weighted by molar-refractivity contribution is 5.83. The number of hydrogen-bond acceptors (Lipinski definition) is 2. The van der Waals surface area contributed by atoms with Crippen molar-refractivity contribution < 1.29 is 4.79 Å². The Labute approximate surface area is 62.8 Å². The molecule has 2 atom stereocenters. The van der Waals surface area contributed by atoms with Crippen molar-refractivity contribution in [3.63, 3.8) is 0 Å². The van der Waals surface area contributed by atoms with E-state index in [4.69, 9.17) is 5.73 Å². The second-order valence-corrected chi connectivity index (χ2v) is 2.97. The average Bonchev–Trinajstić information content (AvgIpc) is 1.87. The molecule has 0 aliphatic carbocycles. The number of carbonyl (C=O) groups excluding carboxylic acids is 1. The van der Waals surface area contributed by atoms with E-state index < -0.39 is 0 Å². The summed E-state index contributed by atoms with van der Waals surface area (Å²) in [5.74, 6) is 0.660. The van der Waals surface area contributed by atoms with Crippen LogP contribution in [-0.4, -0.2) is 11.8 Å². The molecule has 0 spiro atoms. The Morgan fingerprint density at radius 1 is 1.50 bits per heavy atom. The summed E-state index contributed by atoms with van der Waals surface area (Å²) >= 11 is 0. The fraction of sp³-hybridized carbons (Fsp3) is 0.875. The molecular weight excluding hydrogens is 126 g/mol. The Kier molecular flexibility index (Phi) is 4.28. The van der Waals surface area contributed by atoms with E-state index in [1.54, 1.807) is 6.92 Å². The molecule has 10 heavy (non-hydrogen) atoms. The number of hydrogen-bond donors (Lipinski definition) is 1. The van der Waals surface area contributed by atoms with Crippen LogP contribution < -0.4 is 5.73 Å². The third-order valence-electron chi connectivity index (χ3n) is 1.75. The summed E-state index contributed by atoms with van der Waals surface area (Å²) in [5.41, 5.74) is 5.39. The van der Waals surface area contributed by atoms with Crippen molar-refractivity contribution in [2.45, 2.75) is 39.7 Å². The summed E-state index contributed by atoms with van der Waals surface area (Å²) in [6.07, 6.45) is 1.69. The minimum Gasteiger partial charge on any atom is -0.322 e. The molecule has 0 bridgehead atoms. The average molecular weight is 143 g/mol. The van der Waals surface area contributed by atoms with Crippen LogP contribution in [0.1, 0.15) is 33.6 Å². The molecule has 0 aliphatic rings. The molecule has 2 nitrogen and oxygen atoms in total. The Morgan fingerprint density at radius 2 is 2.00 bits per heavy atom. The number of nitrogens with two attached hydrogens (primary N) is 1. The summed E-state index contributed by atoms with van der Waals surface area (Å²) in [6.45, 7) is 5.89. The third-order valence-corrected chi connectivity index (χ3v) is 1.75. The summed E-state index contributed by atoms with van der Waals surface area (Å²) in [6, 6.07) is -0.283. The molecule has 0 radical (unpaired) electrons. The van der Waals surface area contributed by atoms with Gasteiger partial charge in [-0.3, -0.25) is 4.79 Å². The van der Waals surface area contributed by atoms with Gasteiger partial charge >= 0.3 is 0 Å². The van der Waals surface area contributed by atoms with E-state index in [2.05, 4.69) is 13.8 Å². The summed E-state index contributed by atoms with van der Waals surface area (Å²) in [7, 11) is 0. The van der Waals surface area contributed by atoms with Gasteiger partial charge in [-0.15, -0.1) is 0 Å². The molecule has 60 valence electrons. The first kappa shape index (κ1) is 9.63. The smallest absolute Gasteiger partial charge is 0.149 e. The lowest BCUT2D eigenvalue weighted by molar-refractivity contribution is -0.120. The predicted molar refractivity (Wildman–Crippen MR) is 42.7 cm³/mol. The van der Waals surface area contributed by atoms with Crippen LogP contribution in [0.5, 0.6) is 0 Å². The van der Waals surface area contributed by atoms with Gasteiger partial charge in [-0.25, -0.2) is 0 Å². The normalized spacial score (nSPS) is 16.4. The molecule has 0 fully saturated rings. The second-order valence-electron chi connectivity index (χ2n) is 2.97. The maximum atomic E-state index is 11.0. The predicted octanol–water partition coefficient (Wildman–Crippen LogP) is 1.34. The quantitative estimate of drug-likeness (QED) is 0.645. The van der Waals surface area contributed by atoms with Crippen molar-refractivity contribution in [2.75, 3.05) is 0 Å². The lowest BCUT2D eigenvalue weighted by Gasteiger charge is -2.08. The van der Waals surface area contributed by atoms with Gasteiger partial charge in [-0.2, -0.15) is 0 Å². The molecule has 0 aromatic heterocycles. The van der Waals surface area contributed by atoms with Gasteiger partial charge in [0.05, 0.1) is 6.04 Å². The molecule has 0 saturated heterocycles. The minimum absolute atomic E-state index is 0.175. The van der Waals surface area contributed by atoms with E-state index >= 15 is 0 Å². The lowest BCUT2D eigenvalue weighted by atomic mass is 9.99. The third kappa shape index (κ3) is 3.62. The van der Waals surface area contributed by atoms with Gasteiger partial charge in [0.2, 0.25) is 0 Å². The van der Waals surface area contributed by atoms with Crippen LogP contribution in [-0.2, 0) is 4.79 Å². The van der Waals surface area contributed by atoms with Crippen LogP contribution in [0.25, 0.3) is 0 Å². The van der Waals surface area contributed by atoms with Gasteiger partial charge in [0, 0.05) is 6.42 Å². The van der Waals surface area contributed by atoms with Gasteiger partial charge < -0.3 is 5.73 Å². The Hall–Kier alpha value is -0.370. The van der Waals surface area contributed by atoms with Gasteiger partial charge in [0.25, 0.3) is 0 Å². The van der Waals surface area contributed by atoms with E-state index in [-0.39, 0.29) is 11.8 Å². The van der Waals surface area contributed by atoms with Crippen molar-refractivity contribution >= 4 is 5.78 Å². The highest BCUT2D eigenvalue weighted by atomic mass is 16.1. The van der Waals surface area contributed by atoms with Gasteiger partial charge in [0.1, 0.15) is 5.78 Å². The highest BCUT2D eigenvalue weighted by Crippen LogP contribution is 2.07. The first-order valence-electron chi connectivity index (χ1n) is 3.86. The summed E-state index contributed by atoms with van der Waals surface area (Å²) in [5, 5.41) is 0. The molecular formula is C8H17NO. The van der Waals surface area contributed by atoms with Crippen LogP contribution in [0.2, 0.25) is 0 Å². The van der Waals surface area contributed by atoms with Gasteiger partial charge in [-0.1, -0.05) is 20.3 Å². The SMILES string of the molecule is CCC(C)CC(=O)C(C)N. The number of rotatable bonds is 4. The van der Waals surface area contributed by atoms with Gasteiger partial charge in [0.15, 0.2) is 0 Å². The molecule has 0 amide bonds. The van der Waals surface area contributed by atoms with E-state index in [0.717, 1.165) is 6.42 Å². The maximum Gasteiger partial charge on any atom is 0.149 e. The van der Waals surface area contributed by atoms with Crippen LogP contribution in [0, 0.1) is 5.92 Å². The van der Waals surface area contributed by atoms with Crippen molar-refractivity contribution in [1.29, 1.82) is 0 Å². The Balaban J connectivity index is 3.57. The zero-order valence-electron chi connectivity index (χ0n) is 7.05. The molecule has 0 aliphatic heterocycles. The number of ketones is 1. The van der Waals surface area contributed by atoms with E-state index in [1.807, 2.05) is 0 Å². The Morgan fingerprint density at radius 3 is 2.30 bits per heavy atom. The molecule has 2 unspecified atom stereocenters. The fourth-order valence-electron chi connectivity index (χ4n) is 0.674. The fourth-order valence-corrected chi connectivity index (χ4v) is 0.674. The lowest BCUT2D eigenvalue weighted by Crippen LogP contribution is -2.27. The Bertz CT molecular complexity index is 110. The topological polar surface area (TPSA) is 43.1 Å². The first-order chi connectivity index (χ1) is 4.57. The molecule has 0 aromatic rings. The maximum absolute atomic E-state index is 11.0. The second kappa shape index (κ2) is 4.45. The minimum atomic E-state index is -0.283. The molecule has 0 heterocycles. The van der Waals surface area contributed by atoms with Crippen LogP contribution >= 0.6 is 0 Å². The molecule has 2 N–H and O–H groups in total. The molecule has 0 saturated carbocycles. The van der Waals surface area contributed by atoms with Crippen LogP contribution in [0.15, 0.2) is 0 Å². The van der Waals surface area contributed by atoms with E-state index in [1.165, 1.54) is 0 Å². The van der Waals surface area contributed by atoms with Crippen molar-refractivity contribution in [1.82, 2.24) is 0 Å². The highest BCUT2D eigenvalue weighted by Gasteiger charge is 2.10. The number of carbonyl (C=O) groups is 1. The monoisotopic (exact) mass is 143 g/mol. The molecule has 2 heteroatoms. The summed E-state index contributed by atoms with van der Waals surface area (Å²) < 4.78 is 0. The van der Waals surface area contributed by atoms with E-state index in [9.17, 15) is 4.79 Å². The first-order valence-corrected chi connectivity index (χ1v) is 3.86. The van der Waals surface area contributed by atoms with Gasteiger partial charge in [-0.05, 0) is 12.8 Å². The largest absolute Gasteiger partial charge is 0.322 e. The van der Waals surface area contributed by atoms with Crippen molar-refractivity contribution in [3.8, 4) is 0 Å². The number of Topliss-reactive ketones (excluding diaryl/α,β-unsaturated/α-hetero) is 1. The summed E-state index contributed by atoms with van der Waals surface area (Å²) in [4.78, 5) is 11.0.